The Bertz CT molecular complexity index is 2500. The molecule has 5 heterocycles. The Morgan fingerprint density at radius 1 is 0.893 bits per heavy atom. The quantitative estimate of drug-likeness (QED) is 0.109. The van der Waals surface area contributed by atoms with Crippen molar-refractivity contribution in [2.24, 2.45) is 19.8 Å². The largest absolute Gasteiger partial charge is 0.369 e. The molecule has 6 aromatic rings. The van der Waals surface area contributed by atoms with Gasteiger partial charge in [-0.25, -0.2) is 19.9 Å². The van der Waals surface area contributed by atoms with E-state index in [1.54, 1.807) is 26.7 Å². The number of aryl methyl sites for hydroxylation is 3. The van der Waals surface area contributed by atoms with Crippen LogP contribution in [0.3, 0.4) is 0 Å². The maximum Gasteiger partial charge on any atom is 0.264 e. The molecule has 0 bridgehead atoms. The van der Waals surface area contributed by atoms with Crippen LogP contribution >= 0.6 is 0 Å². The van der Waals surface area contributed by atoms with Crippen molar-refractivity contribution >= 4 is 33.4 Å². The SMILES string of the molecule is Cc1cc(-c2cc3ncn(C)c(=O)c3c(NC(C)C)n2)ccc1C1CCNC(OCCCNc2nc(-c3ccc(C(C)(C)N)cc3)cc3ncn(C)c(=O)c23)C1. The lowest BCUT2D eigenvalue weighted by atomic mass is 9.86. The summed E-state index contributed by atoms with van der Waals surface area (Å²) in [6.07, 6.45) is 5.60. The van der Waals surface area contributed by atoms with E-state index in [0.717, 1.165) is 53.9 Å². The third-order valence-electron chi connectivity index (χ3n) is 10.5. The van der Waals surface area contributed by atoms with E-state index in [-0.39, 0.29) is 23.4 Å². The van der Waals surface area contributed by atoms with Crippen molar-refractivity contribution in [1.82, 2.24) is 34.4 Å². The predicted octanol–water partition coefficient (Wildman–Crippen LogP) is 5.94. The van der Waals surface area contributed by atoms with Crippen molar-refractivity contribution in [2.75, 3.05) is 30.3 Å². The summed E-state index contributed by atoms with van der Waals surface area (Å²) in [6.45, 7) is 12.1. The molecule has 7 rings (SSSR count). The standard InChI is InChI=1S/C43H52N10O3/c1-25(2)49-40-38-35(48-24-53(7)42(38)55)22-33(51-40)29-11-14-31(26(3)19-29)28-15-17-45-36(20-28)56-18-8-16-46-39-37-34(47-23-52(6)41(37)54)21-32(50-39)27-9-12-30(13-10-27)43(4,5)44/h9-14,19,21-25,28,36,45H,8,15-18,20,44H2,1-7H3,(H,46,50)(H,49,51). The van der Waals surface area contributed by atoms with Gasteiger partial charge in [-0.05, 0) is 101 Å². The molecular formula is C43H52N10O3. The van der Waals surface area contributed by atoms with Crippen LogP contribution in [0.25, 0.3) is 44.3 Å². The lowest BCUT2D eigenvalue weighted by Gasteiger charge is -2.31. The van der Waals surface area contributed by atoms with E-state index >= 15 is 0 Å². The molecule has 0 aliphatic carbocycles. The fourth-order valence-corrected chi connectivity index (χ4v) is 7.40. The molecule has 2 aromatic carbocycles. The van der Waals surface area contributed by atoms with Gasteiger partial charge < -0.3 is 30.2 Å². The number of nitrogens with two attached hydrogens (primary N) is 1. The second-order valence-electron chi connectivity index (χ2n) is 15.8. The molecule has 0 spiro atoms. The molecule has 0 radical (unpaired) electrons. The van der Waals surface area contributed by atoms with E-state index in [1.165, 1.54) is 20.3 Å². The Morgan fingerprint density at radius 3 is 2.12 bits per heavy atom. The van der Waals surface area contributed by atoms with Gasteiger partial charge >= 0.3 is 0 Å². The zero-order valence-corrected chi connectivity index (χ0v) is 33.3. The van der Waals surface area contributed by atoms with Crippen LogP contribution in [0.4, 0.5) is 11.6 Å². The minimum Gasteiger partial charge on any atom is -0.369 e. The van der Waals surface area contributed by atoms with Crippen LogP contribution in [-0.2, 0) is 24.4 Å². The summed E-state index contributed by atoms with van der Waals surface area (Å²) in [5, 5.41) is 11.3. The number of hydrogen-bond acceptors (Lipinski definition) is 11. The van der Waals surface area contributed by atoms with Crippen LogP contribution in [0.15, 0.2) is 76.8 Å². The molecule has 0 saturated carbocycles. The lowest BCUT2D eigenvalue weighted by Crippen LogP contribution is -2.39. The molecule has 292 valence electrons. The zero-order valence-electron chi connectivity index (χ0n) is 33.3. The highest BCUT2D eigenvalue weighted by atomic mass is 16.5. The summed E-state index contributed by atoms with van der Waals surface area (Å²) in [7, 11) is 3.40. The molecule has 0 amide bonds. The summed E-state index contributed by atoms with van der Waals surface area (Å²) in [4.78, 5) is 45.1. The molecule has 1 aliphatic rings. The van der Waals surface area contributed by atoms with Crippen molar-refractivity contribution in [2.45, 2.75) is 77.6 Å². The van der Waals surface area contributed by atoms with Crippen molar-refractivity contribution in [1.29, 1.82) is 0 Å². The number of hydrogen-bond donors (Lipinski definition) is 4. The molecule has 13 nitrogen and oxygen atoms in total. The highest BCUT2D eigenvalue weighted by Gasteiger charge is 2.25. The Labute approximate surface area is 326 Å². The van der Waals surface area contributed by atoms with Gasteiger partial charge in [0.25, 0.3) is 11.1 Å². The van der Waals surface area contributed by atoms with E-state index < -0.39 is 5.54 Å². The van der Waals surface area contributed by atoms with Crippen LogP contribution in [0.1, 0.15) is 69.6 Å². The molecule has 56 heavy (non-hydrogen) atoms. The van der Waals surface area contributed by atoms with Crippen molar-refractivity contribution in [3.8, 4) is 22.5 Å². The summed E-state index contributed by atoms with van der Waals surface area (Å²) in [5.74, 6) is 1.40. The second-order valence-corrected chi connectivity index (χ2v) is 15.8. The van der Waals surface area contributed by atoms with Crippen molar-refractivity contribution < 1.29 is 4.74 Å². The first kappa shape index (κ1) is 38.8. The third kappa shape index (κ3) is 8.20. The number of ether oxygens (including phenoxy) is 1. The summed E-state index contributed by atoms with van der Waals surface area (Å²) in [5.41, 5.74) is 13.7. The van der Waals surface area contributed by atoms with Crippen molar-refractivity contribution in [3.05, 3.63) is 105 Å². The van der Waals surface area contributed by atoms with Gasteiger partial charge in [0, 0.05) is 43.3 Å². The number of anilines is 2. The number of aromatic nitrogens is 6. The Balaban J connectivity index is 1.00. The van der Waals surface area contributed by atoms with Crippen LogP contribution in [-0.4, -0.2) is 61.0 Å². The van der Waals surface area contributed by atoms with Crippen LogP contribution < -0.4 is 32.8 Å². The summed E-state index contributed by atoms with van der Waals surface area (Å²) < 4.78 is 9.31. The minimum atomic E-state index is -0.452. The third-order valence-corrected chi connectivity index (χ3v) is 10.5. The maximum absolute atomic E-state index is 13.2. The van der Waals surface area contributed by atoms with Crippen molar-refractivity contribution in [3.63, 3.8) is 0 Å². The molecule has 2 atom stereocenters. The Morgan fingerprint density at radius 2 is 1.50 bits per heavy atom. The lowest BCUT2D eigenvalue weighted by molar-refractivity contribution is 0.00690. The number of fused-ring (bicyclic) bond motifs is 2. The molecule has 4 aromatic heterocycles. The number of rotatable bonds is 12. The van der Waals surface area contributed by atoms with Gasteiger partial charge in [0.1, 0.15) is 28.6 Å². The van der Waals surface area contributed by atoms with E-state index in [4.69, 9.17) is 20.4 Å². The van der Waals surface area contributed by atoms with Gasteiger partial charge in [0.2, 0.25) is 0 Å². The molecule has 13 heteroatoms. The first-order valence-electron chi connectivity index (χ1n) is 19.4. The van der Waals surface area contributed by atoms with E-state index in [9.17, 15) is 9.59 Å². The van der Waals surface area contributed by atoms with E-state index in [1.807, 2.05) is 64.1 Å². The molecule has 1 fully saturated rings. The normalized spacial score (nSPS) is 16.2. The van der Waals surface area contributed by atoms with Crippen LogP contribution in [0.2, 0.25) is 0 Å². The summed E-state index contributed by atoms with van der Waals surface area (Å²) >= 11 is 0. The fourth-order valence-electron chi connectivity index (χ4n) is 7.40. The van der Waals surface area contributed by atoms with Gasteiger partial charge in [0.05, 0.1) is 41.7 Å². The number of benzene rings is 2. The number of nitrogens with zero attached hydrogens (tertiary/aromatic N) is 6. The number of nitrogens with one attached hydrogen (secondary N) is 3. The average Bonchev–Trinajstić information content (AvgIpc) is 3.17. The Hall–Kier alpha value is -5.50. The Kier molecular flexibility index (Phi) is 11.0. The highest BCUT2D eigenvalue weighted by Crippen LogP contribution is 2.34. The van der Waals surface area contributed by atoms with Crippen LogP contribution in [0, 0.1) is 6.92 Å². The smallest absolute Gasteiger partial charge is 0.264 e. The first-order chi connectivity index (χ1) is 26.8. The van der Waals surface area contributed by atoms with Gasteiger partial charge in [-0.15, -0.1) is 0 Å². The van der Waals surface area contributed by atoms with Gasteiger partial charge in [-0.3, -0.25) is 14.9 Å². The number of pyridine rings is 2. The minimum absolute atomic E-state index is 0.0754. The van der Waals surface area contributed by atoms with E-state index in [0.29, 0.717) is 52.5 Å². The molecule has 1 saturated heterocycles. The topological polar surface area (TPSA) is 167 Å². The zero-order chi connectivity index (χ0) is 39.7. The van der Waals surface area contributed by atoms with E-state index in [2.05, 4.69) is 51.0 Å². The second kappa shape index (κ2) is 15.9. The maximum atomic E-state index is 13.2. The number of piperidine rings is 1. The molecular weight excluding hydrogens is 705 g/mol. The van der Waals surface area contributed by atoms with Crippen LogP contribution in [0.5, 0.6) is 0 Å². The first-order valence-corrected chi connectivity index (χ1v) is 19.4. The highest BCUT2D eigenvalue weighted by molar-refractivity contribution is 5.92. The fraction of sp³-hybridized carbons (Fsp3) is 0.395. The summed E-state index contributed by atoms with van der Waals surface area (Å²) in [6, 6.07) is 18.4. The molecule has 1 aliphatic heterocycles. The van der Waals surface area contributed by atoms with Gasteiger partial charge in [0.15, 0.2) is 0 Å². The van der Waals surface area contributed by atoms with Gasteiger partial charge in [-0.2, -0.15) is 0 Å². The van der Waals surface area contributed by atoms with Gasteiger partial charge in [-0.1, -0.05) is 36.4 Å². The molecule has 2 unspecified atom stereocenters. The monoisotopic (exact) mass is 756 g/mol. The molecule has 5 N–H and O–H groups in total. The average molecular weight is 757 g/mol. The predicted molar refractivity (Wildman–Crippen MR) is 224 cm³/mol.